The molecule has 0 aliphatic heterocycles. The number of rotatable bonds is 12. The summed E-state index contributed by atoms with van der Waals surface area (Å²) in [6, 6.07) is 13.5. The maximum atomic E-state index is 10.5. The number of fused-ring (bicyclic) bond motifs is 1. The monoisotopic (exact) mass is 475 g/mol. The molecule has 0 saturated heterocycles. The highest BCUT2D eigenvalue weighted by molar-refractivity contribution is 6.31. The van der Waals surface area contributed by atoms with Gasteiger partial charge in [-0.05, 0) is 68.4 Å². The average Bonchev–Trinajstić information content (AvgIpc) is 2.76. The number of phenolic OH excluding ortho intramolecular Hbond substituents is 1. The standard InChI is InChI=1S/C26H34ClN3O.ClH/c1-3-5-7-15-30(16-8-6-4-2)19-20-17-22(10-12-26(20)31)29-24-13-14-28-25-18-21(27)9-11-23(24)25;/h9-14,17-18,31H,3-8,15-16,19H2,1-2H3,(H,28,29);1H. The predicted octanol–water partition coefficient (Wildman–Crippen LogP) is 7.94. The largest absolute Gasteiger partial charge is 0.508 e. The molecule has 2 aromatic carbocycles. The lowest BCUT2D eigenvalue weighted by molar-refractivity contribution is 0.250. The number of aromatic hydroxyl groups is 1. The van der Waals surface area contributed by atoms with E-state index in [1.807, 2.05) is 30.3 Å². The van der Waals surface area contributed by atoms with E-state index < -0.39 is 0 Å². The second-order valence-electron chi connectivity index (χ2n) is 8.18. The Morgan fingerprint density at radius 1 is 0.938 bits per heavy atom. The maximum Gasteiger partial charge on any atom is 0.120 e. The Morgan fingerprint density at radius 2 is 1.66 bits per heavy atom. The van der Waals surface area contributed by atoms with Crippen molar-refractivity contribution in [3.05, 3.63) is 59.2 Å². The van der Waals surface area contributed by atoms with Gasteiger partial charge in [-0.3, -0.25) is 9.88 Å². The Bertz CT molecular complexity index is 970. The van der Waals surface area contributed by atoms with E-state index in [0.717, 1.165) is 47.5 Å². The molecular weight excluding hydrogens is 441 g/mol. The van der Waals surface area contributed by atoms with E-state index in [9.17, 15) is 5.11 Å². The molecule has 4 nitrogen and oxygen atoms in total. The van der Waals surface area contributed by atoms with Crippen LogP contribution in [0.15, 0.2) is 48.7 Å². The minimum absolute atomic E-state index is 0. The summed E-state index contributed by atoms with van der Waals surface area (Å²) in [5.41, 5.74) is 3.74. The summed E-state index contributed by atoms with van der Waals surface area (Å²) in [4.78, 5) is 6.90. The van der Waals surface area contributed by atoms with Crippen LogP contribution in [-0.4, -0.2) is 28.1 Å². The summed E-state index contributed by atoms with van der Waals surface area (Å²) in [6.07, 6.45) is 9.12. The Hall–Kier alpha value is -2.01. The zero-order valence-electron chi connectivity index (χ0n) is 19.1. The molecule has 174 valence electrons. The van der Waals surface area contributed by atoms with E-state index in [-0.39, 0.29) is 12.4 Å². The van der Waals surface area contributed by atoms with E-state index in [2.05, 4.69) is 35.1 Å². The second kappa shape index (κ2) is 13.5. The van der Waals surface area contributed by atoms with Crippen molar-refractivity contribution in [2.24, 2.45) is 0 Å². The van der Waals surface area contributed by atoms with Crippen molar-refractivity contribution < 1.29 is 5.11 Å². The molecule has 1 heterocycles. The lowest BCUT2D eigenvalue weighted by Gasteiger charge is -2.23. The van der Waals surface area contributed by atoms with Gasteiger partial charge in [0.25, 0.3) is 0 Å². The number of unbranched alkanes of at least 4 members (excludes halogenated alkanes) is 4. The van der Waals surface area contributed by atoms with Crippen molar-refractivity contribution in [1.82, 2.24) is 9.88 Å². The van der Waals surface area contributed by atoms with Crippen molar-refractivity contribution in [2.45, 2.75) is 58.9 Å². The van der Waals surface area contributed by atoms with Gasteiger partial charge in [0.1, 0.15) is 5.75 Å². The quantitative estimate of drug-likeness (QED) is 0.206. The fraction of sp³-hybridized carbons (Fsp3) is 0.423. The number of nitrogens with zero attached hydrogens (tertiary/aromatic N) is 2. The number of halogens is 2. The third-order valence-corrected chi connectivity index (χ3v) is 5.85. The molecule has 6 heteroatoms. The topological polar surface area (TPSA) is 48.4 Å². The first-order valence-electron chi connectivity index (χ1n) is 11.5. The molecule has 0 radical (unpaired) electrons. The molecule has 2 N–H and O–H groups in total. The molecule has 0 amide bonds. The number of phenols is 1. The van der Waals surface area contributed by atoms with Crippen molar-refractivity contribution in [1.29, 1.82) is 0 Å². The van der Waals surface area contributed by atoms with Gasteiger partial charge in [-0.1, -0.05) is 51.1 Å². The van der Waals surface area contributed by atoms with Gasteiger partial charge in [-0.2, -0.15) is 0 Å². The van der Waals surface area contributed by atoms with Crippen LogP contribution in [0, 0.1) is 0 Å². The fourth-order valence-electron chi connectivity index (χ4n) is 3.86. The highest BCUT2D eigenvalue weighted by Gasteiger charge is 2.11. The molecule has 3 aromatic rings. The maximum absolute atomic E-state index is 10.5. The number of hydrogen-bond acceptors (Lipinski definition) is 4. The number of pyridine rings is 1. The van der Waals surface area contributed by atoms with Crippen molar-refractivity contribution in [2.75, 3.05) is 18.4 Å². The van der Waals surface area contributed by atoms with Gasteiger partial charge in [0.15, 0.2) is 0 Å². The van der Waals surface area contributed by atoms with Crippen LogP contribution in [0.4, 0.5) is 11.4 Å². The molecule has 0 unspecified atom stereocenters. The number of anilines is 2. The van der Waals surface area contributed by atoms with Crippen molar-refractivity contribution in [3.8, 4) is 5.75 Å². The van der Waals surface area contributed by atoms with E-state index in [4.69, 9.17) is 11.6 Å². The summed E-state index contributed by atoms with van der Waals surface area (Å²) in [7, 11) is 0. The number of benzene rings is 2. The molecule has 1 aromatic heterocycles. The summed E-state index contributed by atoms with van der Waals surface area (Å²) >= 11 is 6.12. The van der Waals surface area contributed by atoms with Gasteiger partial charge in [-0.15, -0.1) is 12.4 Å². The molecular formula is C26H35Cl2N3O. The molecule has 0 bridgehead atoms. The Kier molecular flexibility index (Phi) is 11.1. The van der Waals surface area contributed by atoms with Crippen molar-refractivity contribution in [3.63, 3.8) is 0 Å². The number of aromatic nitrogens is 1. The first-order chi connectivity index (χ1) is 15.1. The zero-order chi connectivity index (χ0) is 22.1. The molecule has 3 rings (SSSR count). The van der Waals surface area contributed by atoms with Crippen LogP contribution in [-0.2, 0) is 6.54 Å². The molecule has 0 fully saturated rings. The Balaban J connectivity index is 0.00000363. The smallest absolute Gasteiger partial charge is 0.120 e. The number of hydrogen-bond donors (Lipinski definition) is 2. The molecule has 0 spiro atoms. The van der Waals surface area contributed by atoms with Crippen molar-refractivity contribution >= 4 is 46.3 Å². The highest BCUT2D eigenvalue weighted by atomic mass is 35.5. The molecule has 0 aliphatic carbocycles. The van der Waals surface area contributed by atoms with Crippen LogP contribution in [0.25, 0.3) is 10.9 Å². The van der Waals surface area contributed by atoms with Crippen LogP contribution in [0.3, 0.4) is 0 Å². The third kappa shape index (κ3) is 7.54. The predicted molar refractivity (Wildman–Crippen MR) is 140 cm³/mol. The van der Waals surface area contributed by atoms with Gasteiger partial charge in [0, 0.05) is 40.1 Å². The first-order valence-corrected chi connectivity index (χ1v) is 11.8. The average molecular weight is 476 g/mol. The molecule has 32 heavy (non-hydrogen) atoms. The van der Waals surface area contributed by atoms with E-state index in [1.54, 1.807) is 12.3 Å². The van der Waals surface area contributed by atoms with Crippen LogP contribution >= 0.6 is 24.0 Å². The van der Waals surface area contributed by atoms with Crippen LogP contribution < -0.4 is 5.32 Å². The van der Waals surface area contributed by atoms with Crippen LogP contribution in [0.5, 0.6) is 5.75 Å². The Labute approximate surface area is 203 Å². The summed E-state index contributed by atoms with van der Waals surface area (Å²) in [5, 5.41) is 15.7. The summed E-state index contributed by atoms with van der Waals surface area (Å²) in [6.45, 7) is 7.38. The molecule has 0 saturated carbocycles. The SMILES string of the molecule is CCCCCN(CCCCC)Cc1cc(Nc2ccnc3cc(Cl)ccc23)ccc1O.Cl. The summed E-state index contributed by atoms with van der Waals surface area (Å²) < 4.78 is 0. The zero-order valence-corrected chi connectivity index (χ0v) is 20.7. The number of nitrogens with one attached hydrogen (secondary N) is 1. The van der Waals surface area contributed by atoms with Gasteiger partial charge in [0.2, 0.25) is 0 Å². The molecule has 0 atom stereocenters. The minimum Gasteiger partial charge on any atom is -0.508 e. The highest BCUT2D eigenvalue weighted by Crippen LogP contribution is 2.30. The van der Waals surface area contributed by atoms with E-state index >= 15 is 0 Å². The lowest BCUT2D eigenvalue weighted by Crippen LogP contribution is -2.25. The van der Waals surface area contributed by atoms with E-state index in [1.165, 1.54) is 38.5 Å². The fourth-order valence-corrected chi connectivity index (χ4v) is 4.02. The van der Waals surface area contributed by atoms with Gasteiger partial charge >= 0.3 is 0 Å². The van der Waals surface area contributed by atoms with E-state index in [0.29, 0.717) is 10.8 Å². The van der Waals surface area contributed by atoms with Crippen LogP contribution in [0.2, 0.25) is 5.02 Å². The van der Waals surface area contributed by atoms with Gasteiger partial charge < -0.3 is 10.4 Å². The second-order valence-corrected chi connectivity index (χ2v) is 8.62. The lowest BCUT2D eigenvalue weighted by atomic mass is 10.1. The van der Waals surface area contributed by atoms with Gasteiger partial charge in [0.05, 0.1) is 5.52 Å². The van der Waals surface area contributed by atoms with Crippen LogP contribution in [0.1, 0.15) is 57.9 Å². The van der Waals surface area contributed by atoms with Gasteiger partial charge in [-0.25, -0.2) is 0 Å². The summed E-state index contributed by atoms with van der Waals surface area (Å²) in [5.74, 6) is 0.355. The Morgan fingerprint density at radius 3 is 2.34 bits per heavy atom. The first kappa shape index (κ1) is 26.2. The normalized spacial score (nSPS) is 11.0. The minimum atomic E-state index is 0. The molecule has 0 aliphatic rings. The third-order valence-electron chi connectivity index (χ3n) is 5.61.